The number of carbonyl (C=O) groups is 1. The Labute approximate surface area is 152 Å². The third kappa shape index (κ3) is 3.72. The van der Waals surface area contributed by atoms with E-state index in [1.165, 1.54) is 24.4 Å². The summed E-state index contributed by atoms with van der Waals surface area (Å²) in [5.41, 5.74) is 5.79. The summed E-state index contributed by atoms with van der Waals surface area (Å²) in [6.45, 7) is 6.02. The molecule has 1 aromatic carbocycles. The van der Waals surface area contributed by atoms with Crippen molar-refractivity contribution in [1.29, 1.82) is 0 Å². The highest BCUT2D eigenvalue weighted by atomic mass is 35.5. The van der Waals surface area contributed by atoms with Crippen LogP contribution in [0.4, 0.5) is 11.4 Å². The molecule has 2 aromatic heterocycles. The number of nitrogens with zero attached hydrogens (tertiary/aromatic N) is 2. The van der Waals surface area contributed by atoms with Gasteiger partial charge in [0.2, 0.25) is 0 Å². The predicted molar refractivity (Wildman–Crippen MR) is 102 cm³/mol. The number of aryl methyl sites for hydroxylation is 3. The average Bonchev–Trinajstić information content (AvgIpc) is 2.57. The first kappa shape index (κ1) is 18.7. The van der Waals surface area contributed by atoms with Gasteiger partial charge < -0.3 is 10.1 Å². The zero-order valence-corrected chi connectivity index (χ0v) is 15.4. The molecule has 0 atom stereocenters. The van der Waals surface area contributed by atoms with Gasteiger partial charge in [-0.2, -0.15) is 0 Å². The minimum atomic E-state index is -0.434. The molecule has 0 radical (unpaired) electrons. The summed E-state index contributed by atoms with van der Waals surface area (Å²) in [4.78, 5) is 20.9. The standard InChI is InChI=1S/C19H19N3O2.ClH/c1-11-5-7-14(9-12(11)2)22-17-15-8-6-13(3)21-18(15)20-10-16(17)19(23)24-4;/h5-10H,1-4H3,(H,20,21,22);1H. The normalized spacial score (nSPS) is 10.2. The van der Waals surface area contributed by atoms with Gasteiger partial charge in [-0.3, -0.25) is 0 Å². The van der Waals surface area contributed by atoms with Gasteiger partial charge >= 0.3 is 5.97 Å². The number of fused-ring (bicyclic) bond motifs is 1. The molecule has 130 valence electrons. The van der Waals surface area contributed by atoms with Crippen LogP contribution in [0.2, 0.25) is 0 Å². The molecular formula is C19H20ClN3O2. The van der Waals surface area contributed by atoms with Crippen LogP contribution in [-0.4, -0.2) is 23.0 Å². The molecule has 0 bridgehead atoms. The van der Waals surface area contributed by atoms with Gasteiger partial charge in [-0.05, 0) is 56.2 Å². The Bertz CT molecular complexity index is 941. The second-order valence-corrected chi connectivity index (χ2v) is 5.79. The first-order chi connectivity index (χ1) is 11.5. The minimum Gasteiger partial charge on any atom is -0.465 e. The number of hydrogen-bond donors (Lipinski definition) is 1. The Balaban J connectivity index is 0.00000225. The second kappa shape index (κ2) is 7.49. The molecule has 0 aliphatic carbocycles. The number of halogens is 1. The Morgan fingerprint density at radius 2 is 1.84 bits per heavy atom. The number of ether oxygens (including phenoxy) is 1. The van der Waals surface area contributed by atoms with Crippen LogP contribution in [-0.2, 0) is 4.74 Å². The van der Waals surface area contributed by atoms with Crippen LogP contribution in [0.1, 0.15) is 27.2 Å². The molecular weight excluding hydrogens is 338 g/mol. The van der Waals surface area contributed by atoms with Crippen LogP contribution < -0.4 is 5.32 Å². The van der Waals surface area contributed by atoms with Gasteiger partial charge in [-0.1, -0.05) is 6.07 Å². The molecule has 0 aliphatic rings. The fourth-order valence-electron chi connectivity index (χ4n) is 2.53. The number of esters is 1. The van der Waals surface area contributed by atoms with E-state index in [0.29, 0.717) is 16.9 Å². The minimum absolute atomic E-state index is 0. The largest absolute Gasteiger partial charge is 0.465 e. The number of aromatic nitrogens is 2. The molecule has 0 aliphatic heterocycles. The van der Waals surface area contributed by atoms with Crippen molar-refractivity contribution in [2.24, 2.45) is 0 Å². The number of carbonyl (C=O) groups excluding carboxylic acids is 1. The van der Waals surface area contributed by atoms with E-state index in [1.807, 2.05) is 37.3 Å². The first-order valence-corrected chi connectivity index (χ1v) is 7.68. The van der Waals surface area contributed by atoms with Crippen LogP contribution in [0.25, 0.3) is 11.0 Å². The van der Waals surface area contributed by atoms with Gasteiger partial charge in [-0.15, -0.1) is 12.4 Å². The van der Waals surface area contributed by atoms with E-state index in [0.717, 1.165) is 16.8 Å². The van der Waals surface area contributed by atoms with E-state index in [2.05, 4.69) is 29.1 Å². The maximum atomic E-state index is 12.1. The van der Waals surface area contributed by atoms with Crippen molar-refractivity contribution < 1.29 is 9.53 Å². The highest BCUT2D eigenvalue weighted by Crippen LogP contribution is 2.29. The molecule has 0 fully saturated rings. The van der Waals surface area contributed by atoms with Gasteiger partial charge in [0, 0.05) is 23.0 Å². The SMILES string of the molecule is COC(=O)c1cnc2nc(C)ccc2c1Nc1ccc(C)c(C)c1.Cl. The molecule has 0 saturated heterocycles. The quantitative estimate of drug-likeness (QED) is 0.699. The monoisotopic (exact) mass is 357 g/mol. The van der Waals surface area contributed by atoms with E-state index in [4.69, 9.17) is 4.74 Å². The Hall–Kier alpha value is -2.66. The predicted octanol–water partition coefficient (Wildman–Crippen LogP) is 4.51. The zero-order chi connectivity index (χ0) is 17.3. The highest BCUT2D eigenvalue weighted by Gasteiger charge is 2.17. The smallest absolute Gasteiger partial charge is 0.341 e. The van der Waals surface area contributed by atoms with Crippen LogP contribution in [0.3, 0.4) is 0 Å². The first-order valence-electron chi connectivity index (χ1n) is 7.68. The number of anilines is 2. The maximum absolute atomic E-state index is 12.1. The van der Waals surface area contributed by atoms with Crippen molar-refractivity contribution >= 4 is 40.8 Å². The van der Waals surface area contributed by atoms with Crippen molar-refractivity contribution in [2.75, 3.05) is 12.4 Å². The summed E-state index contributed by atoms with van der Waals surface area (Å²) in [5, 5.41) is 4.12. The maximum Gasteiger partial charge on any atom is 0.341 e. The van der Waals surface area contributed by atoms with Gasteiger partial charge in [0.1, 0.15) is 5.56 Å². The van der Waals surface area contributed by atoms with Crippen molar-refractivity contribution in [3.05, 3.63) is 58.9 Å². The molecule has 1 N–H and O–H groups in total. The summed E-state index contributed by atoms with van der Waals surface area (Å²) in [6, 6.07) is 9.89. The fourth-order valence-corrected chi connectivity index (χ4v) is 2.53. The molecule has 0 saturated carbocycles. The van der Waals surface area contributed by atoms with Crippen molar-refractivity contribution in [1.82, 2.24) is 9.97 Å². The van der Waals surface area contributed by atoms with Crippen LogP contribution >= 0.6 is 12.4 Å². The average molecular weight is 358 g/mol. The number of benzene rings is 1. The third-order valence-electron chi connectivity index (χ3n) is 4.05. The molecule has 2 heterocycles. The molecule has 3 rings (SSSR count). The van der Waals surface area contributed by atoms with Crippen molar-refractivity contribution in [3.63, 3.8) is 0 Å². The topological polar surface area (TPSA) is 64.1 Å². The number of hydrogen-bond acceptors (Lipinski definition) is 5. The molecule has 25 heavy (non-hydrogen) atoms. The Morgan fingerprint density at radius 3 is 2.52 bits per heavy atom. The molecule has 6 heteroatoms. The number of pyridine rings is 2. The summed E-state index contributed by atoms with van der Waals surface area (Å²) in [5.74, 6) is -0.434. The second-order valence-electron chi connectivity index (χ2n) is 5.79. The third-order valence-corrected chi connectivity index (χ3v) is 4.05. The van der Waals surface area contributed by atoms with Crippen molar-refractivity contribution in [3.8, 4) is 0 Å². The summed E-state index contributed by atoms with van der Waals surface area (Å²) in [7, 11) is 1.36. The van der Waals surface area contributed by atoms with E-state index in [9.17, 15) is 4.79 Å². The zero-order valence-electron chi connectivity index (χ0n) is 14.6. The summed E-state index contributed by atoms with van der Waals surface area (Å²) < 4.78 is 4.89. The van der Waals surface area contributed by atoms with Gasteiger partial charge in [-0.25, -0.2) is 14.8 Å². The lowest BCUT2D eigenvalue weighted by atomic mass is 10.1. The summed E-state index contributed by atoms with van der Waals surface area (Å²) in [6.07, 6.45) is 1.50. The van der Waals surface area contributed by atoms with Crippen molar-refractivity contribution in [2.45, 2.75) is 20.8 Å². The number of nitrogens with one attached hydrogen (secondary N) is 1. The van der Waals surface area contributed by atoms with E-state index >= 15 is 0 Å². The number of rotatable bonds is 3. The number of methoxy groups -OCH3 is 1. The van der Waals surface area contributed by atoms with Gasteiger partial charge in [0.15, 0.2) is 5.65 Å². The van der Waals surface area contributed by atoms with E-state index in [1.54, 1.807) is 0 Å². The molecule has 0 amide bonds. The lowest BCUT2D eigenvalue weighted by Crippen LogP contribution is -2.08. The lowest BCUT2D eigenvalue weighted by molar-refractivity contribution is 0.0601. The molecule has 5 nitrogen and oxygen atoms in total. The molecule has 0 spiro atoms. The van der Waals surface area contributed by atoms with Gasteiger partial charge in [0.25, 0.3) is 0 Å². The highest BCUT2D eigenvalue weighted by molar-refractivity contribution is 6.05. The van der Waals surface area contributed by atoms with Crippen LogP contribution in [0.15, 0.2) is 36.5 Å². The molecule has 0 unspecified atom stereocenters. The van der Waals surface area contributed by atoms with Crippen LogP contribution in [0.5, 0.6) is 0 Å². The van der Waals surface area contributed by atoms with E-state index in [-0.39, 0.29) is 12.4 Å². The summed E-state index contributed by atoms with van der Waals surface area (Å²) >= 11 is 0. The Morgan fingerprint density at radius 1 is 1.08 bits per heavy atom. The van der Waals surface area contributed by atoms with E-state index < -0.39 is 5.97 Å². The Kier molecular flexibility index (Phi) is 5.59. The molecule has 3 aromatic rings. The lowest BCUT2D eigenvalue weighted by Gasteiger charge is -2.14. The van der Waals surface area contributed by atoms with Crippen LogP contribution in [0, 0.1) is 20.8 Å². The van der Waals surface area contributed by atoms with Gasteiger partial charge in [0.05, 0.1) is 12.8 Å². The fraction of sp³-hybridized carbons (Fsp3) is 0.211.